The average molecular weight is 615 g/mol. The van der Waals surface area contributed by atoms with Crippen molar-refractivity contribution in [2.24, 2.45) is 0 Å². The van der Waals surface area contributed by atoms with Gasteiger partial charge in [-0.15, -0.1) is 11.3 Å². The standard InChI is InChI=1S/C40H31BN2S2/c1-39-21-7-8-22-40(39,2)43-24-19-20-28-31(23-24)42(29-14-4-6-17-33(29)44-34-18-10-13-27(39)37(34)43)30-15-9-12-26-35-25-11-3-5-16-32(25)45-38(35)41(28)36(26)30/h3-6,9-20,23H,7-8,21-22H2,1-2H3. The molecule has 5 heteroatoms. The first-order chi connectivity index (χ1) is 22.1. The predicted octanol–water partition coefficient (Wildman–Crippen LogP) is 9.39. The molecule has 1 aliphatic carbocycles. The number of fused-ring (bicyclic) bond motifs is 14. The number of thiophene rings is 1. The van der Waals surface area contributed by atoms with Gasteiger partial charge >= 0.3 is 0 Å². The number of nitrogens with zero attached hydrogens (tertiary/aromatic N) is 2. The molecule has 2 nitrogen and oxygen atoms in total. The van der Waals surface area contributed by atoms with Crippen LogP contribution in [0.4, 0.5) is 28.4 Å². The van der Waals surface area contributed by atoms with Gasteiger partial charge in [0.25, 0.3) is 6.71 Å². The van der Waals surface area contributed by atoms with Crippen molar-refractivity contribution in [1.29, 1.82) is 0 Å². The summed E-state index contributed by atoms with van der Waals surface area (Å²) in [5.41, 5.74) is 14.1. The lowest BCUT2D eigenvalue weighted by Gasteiger charge is -2.50. The van der Waals surface area contributed by atoms with Gasteiger partial charge in [-0.25, -0.2) is 0 Å². The monoisotopic (exact) mass is 614 g/mol. The first-order valence-corrected chi connectivity index (χ1v) is 18.0. The molecule has 0 radical (unpaired) electrons. The van der Waals surface area contributed by atoms with Crippen LogP contribution in [-0.2, 0) is 5.41 Å². The molecule has 4 aliphatic heterocycles. The van der Waals surface area contributed by atoms with Crippen molar-refractivity contribution < 1.29 is 0 Å². The number of rotatable bonds is 0. The van der Waals surface area contributed by atoms with Gasteiger partial charge in [-0.3, -0.25) is 0 Å². The maximum absolute atomic E-state index is 2.78. The van der Waals surface area contributed by atoms with Crippen LogP contribution < -0.4 is 25.5 Å². The Hall–Kier alpha value is -3.93. The molecule has 6 aromatic rings. The van der Waals surface area contributed by atoms with E-state index in [1.807, 2.05) is 23.1 Å². The Morgan fingerprint density at radius 1 is 0.733 bits per heavy atom. The largest absolute Gasteiger partial charge is 0.333 e. The normalized spacial score (nSPS) is 22.9. The number of benzene rings is 5. The van der Waals surface area contributed by atoms with E-state index in [1.165, 1.54) is 106 Å². The van der Waals surface area contributed by atoms with Crippen LogP contribution >= 0.6 is 23.1 Å². The molecule has 0 N–H and O–H groups in total. The SMILES string of the molecule is CC12CCCCC1(C)N1c3ccc4c(c3)N(c3ccccc3Sc3cccc2c31)c1cccc2c1B4c1sc3ccccc3c1-2. The highest BCUT2D eigenvalue weighted by atomic mass is 32.2. The van der Waals surface area contributed by atoms with Crippen LogP contribution in [0, 0.1) is 0 Å². The fourth-order valence-corrected chi connectivity index (χ4v) is 12.2. The summed E-state index contributed by atoms with van der Waals surface area (Å²) in [6.45, 7) is 5.36. The minimum Gasteiger partial charge on any atom is -0.333 e. The molecule has 0 saturated heterocycles. The fraction of sp³-hybridized carbons (Fsp3) is 0.200. The van der Waals surface area contributed by atoms with E-state index in [0.717, 1.165) is 0 Å². The summed E-state index contributed by atoms with van der Waals surface area (Å²) in [6.07, 6.45) is 5.03. The van der Waals surface area contributed by atoms with Crippen LogP contribution in [0.2, 0.25) is 0 Å². The van der Waals surface area contributed by atoms with Crippen LogP contribution in [-0.4, -0.2) is 12.3 Å². The van der Waals surface area contributed by atoms with Crippen molar-refractivity contribution in [2.45, 2.75) is 60.3 Å². The van der Waals surface area contributed by atoms with Crippen LogP contribution in [0.1, 0.15) is 45.1 Å². The molecule has 0 spiro atoms. The maximum atomic E-state index is 2.78. The lowest BCUT2D eigenvalue weighted by atomic mass is 9.39. The predicted molar refractivity (Wildman–Crippen MR) is 194 cm³/mol. The third kappa shape index (κ3) is 2.92. The topological polar surface area (TPSA) is 6.48 Å². The van der Waals surface area contributed by atoms with E-state index in [4.69, 9.17) is 0 Å². The highest BCUT2D eigenvalue weighted by molar-refractivity contribution is 7.99. The van der Waals surface area contributed by atoms with E-state index in [1.54, 1.807) is 0 Å². The second-order valence-corrected chi connectivity index (χ2v) is 16.1. The number of para-hydroxylation sites is 2. The molecule has 5 heterocycles. The summed E-state index contributed by atoms with van der Waals surface area (Å²) in [5, 5.41) is 1.39. The van der Waals surface area contributed by atoms with E-state index < -0.39 is 0 Å². The highest BCUT2D eigenvalue weighted by Crippen LogP contribution is 2.64. The smallest absolute Gasteiger partial charge is 0.260 e. The van der Waals surface area contributed by atoms with Gasteiger partial charge in [0.15, 0.2) is 0 Å². The summed E-state index contributed by atoms with van der Waals surface area (Å²) >= 11 is 3.95. The molecular weight excluding hydrogens is 583 g/mol. The second kappa shape index (κ2) is 8.45. The Bertz CT molecular complexity index is 2290. The van der Waals surface area contributed by atoms with Crippen molar-refractivity contribution in [3.8, 4) is 11.1 Å². The Balaban J connectivity index is 1.26. The van der Waals surface area contributed by atoms with Crippen LogP contribution in [0.3, 0.4) is 0 Å². The molecule has 1 fully saturated rings. The van der Waals surface area contributed by atoms with Gasteiger partial charge in [-0.05, 0) is 100 Å². The first-order valence-electron chi connectivity index (χ1n) is 16.4. The van der Waals surface area contributed by atoms with E-state index in [-0.39, 0.29) is 17.7 Å². The number of hydrogen-bond acceptors (Lipinski definition) is 4. The molecule has 2 bridgehead atoms. The molecule has 5 aromatic carbocycles. The van der Waals surface area contributed by atoms with Gasteiger partial charge in [0.2, 0.25) is 0 Å². The van der Waals surface area contributed by atoms with Crippen LogP contribution in [0.5, 0.6) is 0 Å². The molecule has 1 saturated carbocycles. The minimum atomic E-state index is 0.0216. The zero-order chi connectivity index (χ0) is 29.7. The van der Waals surface area contributed by atoms with E-state index >= 15 is 0 Å². The summed E-state index contributed by atoms with van der Waals surface area (Å²) in [4.78, 5) is 8.05. The van der Waals surface area contributed by atoms with Gasteiger partial charge in [0, 0.05) is 37.0 Å². The third-order valence-electron chi connectivity index (χ3n) is 12.0. The van der Waals surface area contributed by atoms with Crippen molar-refractivity contribution >= 4 is 84.0 Å². The lowest BCUT2D eigenvalue weighted by Crippen LogP contribution is -2.55. The summed E-state index contributed by atoms with van der Waals surface area (Å²) < 4.78 is 2.89. The second-order valence-electron chi connectivity index (χ2n) is 14.0. The Morgan fingerprint density at radius 2 is 1.53 bits per heavy atom. The molecule has 11 rings (SSSR count). The Kier molecular flexibility index (Phi) is 4.75. The molecule has 1 aromatic heterocycles. The molecule has 2 atom stereocenters. The molecule has 0 amide bonds. The molecule has 216 valence electrons. The van der Waals surface area contributed by atoms with Gasteiger partial charge in [-0.2, -0.15) is 0 Å². The summed E-state index contributed by atoms with van der Waals surface area (Å²) in [5.74, 6) is 0. The average Bonchev–Trinajstić information content (AvgIpc) is 3.66. The van der Waals surface area contributed by atoms with Crippen molar-refractivity contribution in [3.05, 3.63) is 109 Å². The van der Waals surface area contributed by atoms with Gasteiger partial charge < -0.3 is 9.80 Å². The molecule has 5 aliphatic rings. The quantitative estimate of drug-likeness (QED) is 0.157. The minimum absolute atomic E-state index is 0.0216. The van der Waals surface area contributed by atoms with Crippen molar-refractivity contribution in [1.82, 2.24) is 0 Å². The Morgan fingerprint density at radius 3 is 2.49 bits per heavy atom. The number of anilines is 5. The van der Waals surface area contributed by atoms with Gasteiger partial charge in [0.05, 0.1) is 16.9 Å². The molecular formula is C40H31BN2S2. The van der Waals surface area contributed by atoms with E-state index in [9.17, 15) is 0 Å². The van der Waals surface area contributed by atoms with Crippen molar-refractivity contribution in [3.63, 3.8) is 0 Å². The van der Waals surface area contributed by atoms with Crippen molar-refractivity contribution in [2.75, 3.05) is 9.80 Å². The molecule has 45 heavy (non-hydrogen) atoms. The van der Waals surface area contributed by atoms with Crippen LogP contribution in [0.25, 0.3) is 21.2 Å². The third-order valence-corrected chi connectivity index (χ3v) is 14.4. The molecule has 2 unspecified atom stereocenters. The maximum Gasteiger partial charge on any atom is 0.260 e. The Labute approximate surface area is 272 Å². The van der Waals surface area contributed by atoms with Gasteiger partial charge in [-0.1, -0.05) is 92.2 Å². The zero-order valence-corrected chi connectivity index (χ0v) is 27.1. The van der Waals surface area contributed by atoms with Gasteiger partial charge in [0.1, 0.15) is 0 Å². The first kappa shape index (κ1) is 25.3. The number of hydrogen-bond donors (Lipinski definition) is 0. The fourth-order valence-electron chi connectivity index (χ4n) is 9.81. The van der Waals surface area contributed by atoms with E-state index in [2.05, 4.69) is 127 Å². The van der Waals surface area contributed by atoms with Crippen LogP contribution in [0.15, 0.2) is 113 Å². The summed E-state index contributed by atoms with van der Waals surface area (Å²) in [6, 6.07) is 39.7. The summed E-state index contributed by atoms with van der Waals surface area (Å²) in [7, 11) is 0. The van der Waals surface area contributed by atoms with E-state index in [0.29, 0.717) is 0 Å². The highest BCUT2D eigenvalue weighted by Gasteiger charge is 2.58. The zero-order valence-electron chi connectivity index (χ0n) is 25.4. The lowest BCUT2D eigenvalue weighted by molar-refractivity contribution is 0.195.